The van der Waals surface area contributed by atoms with E-state index in [4.69, 9.17) is 11.2 Å². The summed E-state index contributed by atoms with van der Waals surface area (Å²) in [5.41, 5.74) is 0. The molecule has 2 heterocycles. The van der Waals surface area contributed by atoms with E-state index in [0.717, 1.165) is 39.1 Å². The van der Waals surface area contributed by atoms with Crippen LogP contribution in [0.4, 0.5) is 0 Å². The second-order valence-corrected chi connectivity index (χ2v) is 6.38. The van der Waals surface area contributed by atoms with Crippen LogP contribution in [0.5, 0.6) is 0 Å². The number of aliphatic hydroxyl groups is 1. The third-order valence-electron chi connectivity index (χ3n) is 3.68. The van der Waals surface area contributed by atoms with Gasteiger partial charge in [-0.3, -0.25) is 4.90 Å². The molecule has 2 rings (SSSR count). The van der Waals surface area contributed by atoms with Crippen LogP contribution in [0, 0.1) is 12.3 Å². The number of aliphatic hydroxyl groups excluding tert-OH is 1. The summed E-state index contributed by atoms with van der Waals surface area (Å²) in [7, 11) is 0. The quantitative estimate of drug-likeness (QED) is 0.572. The maximum Gasteiger partial charge on any atom is 0.107 e. The molecule has 1 unspecified atom stereocenters. The second-order valence-electron chi connectivity index (χ2n) is 5.34. The van der Waals surface area contributed by atoms with E-state index in [0.29, 0.717) is 13.2 Å². The summed E-state index contributed by atoms with van der Waals surface area (Å²) in [6.45, 7) is 6.56. The highest BCUT2D eigenvalue weighted by Crippen LogP contribution is 2.11. The molecule has 1 aliphatic heterocycles. The molecule has 0 saturated carbocycles. The van der Waals surface area contributed by atoms with Crippen LogP contribution in [-0.2, 0) is 11.2 Å². The van der Waals surface area contributed by atoms with Gasteiger partial charge in [-0.1, -0.05) is 12.0 Å². The summed E-state index contributed by atoms with van der Waals surface area (Å²) in [6, 6.07) is 4.31. The van der Waals surface area contributed by atoms with Crippen molar-refractivity contribution in [1.29, 1.82) is 0 Å². The minimum Gasteiger partial charge on any atom is -0.389 e. The van der Waals surface area contributed by atoms with E-state index in [1.165, 1.54) is 4.88 Å². The number of hydrogen-bond donors (Lipinski definition) is 1. The molecule has 1 aromatic heterocycles. The van der Waals surface area contributed by atoms with E-state index in [-0.39, 0.29) is 6.61 Å². The van der Waals surface area contributed by atoms with Crippen LogP contribution in [0.1, 0.15) is 4.88 Å². The maximum atomic E-state index is 9.87. The fraction of sp³-hybridized carbons (Fsp3) is 0.625. The Morgan fingerprint density at radius 2 is 2.10 bits per heavy atom. The molecular weight excluding hydrogens is 284 g/mol. The van der Waals surface area contributed by atoms with Crippen molar-refractivity contribution >= 4 is 11.3 Å². The molecule has 116 valence electrons. The van der Waals surface area contributed by atoms with Gasteiger partial charge in [0, 0.05) is 44.1 Å². The summed E-state index contributed by atoms with van der Waals surface area (Å²) in [5, 5.41) is 12.0. The molecule has 0 amide bonds. The van der Waals surface area contributed by atoms with Crippen LogP contribution in [0.15, 0.2) is 17.5 Å². The number of nitrogens with zero attached hydrogens (tertiary/aromatic N) is 2. The molecule has 0 spiro atoms. The zero-order valence-corrected chi connectivity index (χ0v) is 13.2. The normalized spacial score (nSPS) is 18.5. The minimum absolute atomic E-state index is 0.271. The number of piperazine rings is 1. The summed E-state index contributed by atoms with van der Waals surface area (Å²) in [6.07, 6.45) is 5.80. The van der Waals surface area contributed by atoms with Gasteiger partial charge in [0.25, 0.3) is 0 Å². The second kappa shape index (κ2) is 9.19. The van der Waals surface area contributed by atoms with E-state index >= 15 is 0 Å². The van der Waals surface area contributed by atoms with Crippen LogP contribution >= 0.6 is 11.3 Å². The molecule has 0 bridgehead atoms. The van der Waals surface area contributed by atoms with Gasteiger partial charge in [-0.05, 0) is 17.9 Å². The number of thiophene rings is 1. The summed E-state index contributed by atoms with van der Waals surface area (Å²) < 4.78 is 5.17. The van der Waals surface area contributed by atoms with Crippen molar-refractivity contribution in [1.82, 2.24) is 9.80 Å². The van der Waals surface area contributed by atoms with E-state index in [2.05, 4.69) is 33.2 Å². The smallest absolute Gasteiger partial charge is 0.107 e. The Hall–Kier alpha value is -0.900. The molecule has 1 fully saturated rings. The Balaban J connectivity index is 1.58. The molecule has 0 radical (unpaired) electrons. The van der Waals surface area contributed by atoms with Crippen LogP contribution in [-0.4, -0.2) is 73.5 Å². The van der Waals surface area contributed by atoms with Crippen molar-refractivity contribution in [3.63, 3.8) is 0 Å². The molecule has 1 N–H and O–H groups in total. The Morgan fingerprint density at radius 1 is 1.33 bits per heavy atom. The lowest BCUT2D eigenvalue weighted by atomic mass is 10.2. The van der Waals surface area contributed by atoms with Gasteiger partial charge in [0.2, 0.25) is 0 Å². The first kappa shape index (κ1) is 16.5. The number of β-amino-alcohol motifs (C(OH)–C–C–N with tert-alkyl or cyclic N) is 1. The summed E-state index contributed by atoms with van der Waals surface area (Å²) >= 11 is 1.83. The maximum absolute atomic E-state index is 9.87. The lowest BCUT2D eigenvalue weighted by Crippen LogP contribution is -2.49. The first-order valence-corrected chi connectivity index (χ1v) is 8.32. The average Bonchev–Trinajstić information content (AvgIpc) is 3.00. The lowest BCUT2D eigenvalue weighted by Gasteiger charge is -2.35. The molecule has 0 aromatic carbocycles. The lowest BCUT2D eigenvalue weighted by molar-refractivity contribution is 0.0163. The number of ether oxygens (including phenoxy) is 1. The molecule has 4 nitrogen and oxygen atoms in total. The molecule has 0 aliphatic carbocycles. The summed E-state index contributed by atoms with van der Waals surface area (Å²) in [4.78, 5) is 6.25. The molecule has 1 aliphatic rings. The van der Waals surface area contributed by atoms with Crippen molar-refractivity contribution in [2.45, 2.75) is 12.5 Å². The predicted molar refractivity (Wildman–Crippen MR) is 86.6 cm³/mol. The standard InChI is InChI=1S/C16H24N2O2S/c1-2-11-20-14-15(19)13-18-9-7-17(8-10-18)6-5-16-4-3-12-21-16/h1,3-4,12,15,19H,5-11,13-14H2. The molecule has 1 saturated heterocycles. The first-order valence-electron chi connectivity index (χ1n) is 7.44. The van der Waals surface area contributed by atoms with Crippen molar-refractivity contribution in [3.05, 3.63) is 22.4 Å². The molecule has 5 heteroatoms. The van der Waals surface area contributed by atoms with Crippen molar-refractivity contribution in [3.8, 4) is 12.3 Å². The third-order valence-corrected chi connectivity index (χ3v) is 4.62. The van der Waals surface area contributed by atoms with E-state index in [1.807, 2.05) is 11.3 Å². The SMILES string of the molecule is C#CCOCC(O)CN1CCN(CCc2cccs2)CC1. The zero-order chi connectivity index (χ0) is 14.9. The summed E-state index contributed by atoms with van der Waals surface area (Å²) in [5.74, 6) is 2.41. The van der Waals surface area contributed by atoms with Gasteiger partial charge in [-0.2, -0.15) is 0 Å². The Kier molecular flexibility index (Phi) is 7.20. The van der Waals surface area contributed by atoms with Crippen molar-refractivity contribution in [2.24, 2.45) is 0 Å². The predicted octanol–water partition coefficient (Wildman–Crippen LogP) is 0.919. The van der Waals surface area contributed by atoms with Gasteiger partial charge in [-0.15, -0.1) is 17.8 Å². The van der Waals surface area contributed by atoms with Crippen molar-refractivity contribution < 1.29 is 9.84 Å². The van der Waals surface area contributed by atoms with Gasteiger partial charge < -0.3 is 14.7 Å². The minimum atomic E-state index is -0.448. The highest BCUT2D eigenvalue weighted by molar-refractivity contribution is 7.09. The fourth-order valence-electron chi connectivity index (χ4n) is 2.52. The van der Waals surface area contributed by atoms with Gasteiger partial charge in [-0.25, -0.2) is 0 Å². The van der Waals surface area contributed by atoms with Gasteiger partial charge in [0.1, 0.15) is 6.61 Å². The highest BCUT2D eigenvalue weighted by Gasteiger charge is 2.19. The number of terminal acetylenes is 1. The Labute approximate surface area is 131 Å². The van der Waals surface area contributed by atoms with E-state index < -0.39 is 6.10 Å². The highest BCUT2D eigenvalue weighted by atomic mass is 32.1. The van der Waals surface area contributed by atoms with Crippen molar-refractivity contribution in [2.75, 3.05) is 52.5 Å². The zero-order valence-electron chi connectivity index (χ0n) is 12.4. The topological polar surface area (TPSA) is 35.9 Å². The Morgan fingerprint density at radius 3 is 2.76 bits per heavy atom. The van der Waals surface area contributed by atoms with Gasteiger partial charge in [0.15, 0.2) is 0 Å². The molecule has 21 heavy (non-hydrogen) atoms. The van der Waals surface area contributed by atoms with Crippen LogP contribution in [0.25, 0.3) is 0 Å². The monoisotopic (exact) mass is 308 g/mol. The largest absolute Gasteiger partial charge is 0.389 e. The molecular formula is C16H24N2O2S. The van der Waals surface area contributed by atoms with Gasteiger partial charge >= 0.3 is 0 Å². The average molecular weight is 308 g/mol. The van der Waals surface area contributed by atoms with Crippen LogP contribution in [0.3, 0.4) is 0 Å². The van der Waals surface area contributed by atoms with Gasteiger partial charge in [0.05, 0.1) is 12.7 Å². The number of rotatable bonds is 8. The van der Waals surface area contributed by atoms with Crippen LogP contribution < -0.4 is 0 Å². The molecule has 1 atom stereocenters. The van der Waals surface area contributed by atoms with E-state index in [1.54, 1.807) is 0 Å². The van der Waals surface area contributed by atoms with Crippen LogP contribution in [0.2, 0.25) is 0 Å². The van der Waals surface area contributed by atoms with E-state index in [9.17, 15) is 5.11 Å². The third kappa shape index (κ3) is 6.16. The first-order chi connectivity index (χ1) is 10.3. The Bertz CT molecular complexity index is 422. The number of hydrogen-bond acceptors (Lipinski definition) is 5. The fourth-order valence-corrected chi connectivity index (χ4v) is 3.22. The molecule has 1 aromatic rings.